The highest BCUT2D eigenvalue weighted by Gasteiger charge is 2.18. The van der Waals surface area contributed by atoms with Gasteiger partial charge in [0.15, 0.2) is 6.61 Å². The molecule has 0 aliphatic heterocycles. The smallest absolute Gasteiger partial charge is 0.260 e. The molecule has 2 aromatic carbocycles. The first kappa shape index (κ1) is 16.5. The average Bonchev–Trinajstić information content (AvgIpc) is 2.59. The maximum atomic E-state index is 13.0. The van der Waals surface area contributed by atoms with E-state index in [0.29, 0.717) is 11.3 Å². The fourth-order valence-electron chi connectivity index (χ4n) is 2.08. The molecule has 0 radical (unpaired) electrons. The summed E-state index contributed by atoms with van der Waals surface area (Å²) < 4.78 is 18.4. The highest BCUT2D eigenvalue weighted by molar-refractivity contribution is 5.78. The molecule has 118 valence electrons. The number of hydrogen-bond acceptors (Lipinski definition) is 3. The molecule has 5 heteroatoms. The minimum absolute atomic E-state index is 0.128. The van der Waals surface area contributed by atoms with Crippen molar-refractivity contribution in [3.63, 3.8) is 0 Å². The third-order valence-corrected chi connectivity index (χ3v) is 3.65. The van der Waals surface area contributed by atoms with E-state index in [1.165, 1.54) is 12.1 Å². The molecule has 2 rings (SSSR count). The summed E-state index contributed by atoms with van der Waals surface area (Å²) in [6, 6.07) is 14.5. The van der Waals surface area contributed by atoms with E-state index < -0.39 is 0 Å². The topological polar surface area (TPSA) is 53.3 Å². The van der Waals surface area contributed by atoms with Gasteiger partial charge in [0.2, 0.25) is 0 Å². The Kier molecular flexibility index (Phi) is 5.32. The Hall–Kier alpha value is -2.87. The van der Waals surface area contributed by atoms with Gasteiger partial charge >= 0.3 is 0 Å². The monoisotopic (exact) mass is 312 g/mol. The molecule has 0 bridgehead atoms. The lowest BCUT2D eigenvalue weighted by atomic mass is 10.1. The van der Waals surface area contributed by atoms with E-state index in [4.69, 9.17) is 10.00 Å². The molecule has 0 fully saturated rings. The lowest BCUT2D eigenvalue weighted by Crippen LogP contribution is -2.33. The van der Waals surface area contributed by atoms with Crippen molar-refractivity contribution < 1.29 is 13.9 Å². The van der Waals surface area contributed by atoms with Gasteiger partial charge in [-0.15, -0.1) is 0 Å². The zero-order valence-electron chi connectivity index (χ0n) is 13.0. The molecule has 0 N–H and O–H groups in total. The summed E-state index contributed by atoms with van der Waals surface area (Å²) in [5.74, 6) is -0.0416. The third-order valence-electron chi connectivity index (χ3n) is 3.65. The Morgan fingerprint density at radius 2 is 2.00 bits per heavy atom. The van der Waals surface area contributed by atoms with E-state index in [9.17, 15) is 9.18 Å². The van der Waals surface area contributed by atoms with Crippen molar-refractivity contribution in [2.45, 2.75) is 13.0 Å². The van der Waals surface area contributed by atoms with Crippen molar-refractivity contribution in [2.24, 2.45) is 0 Å². The molecule has 0 spiro atoms. The van der Waals surface area contributed by atoms with E-state index in [1.807, 2.05) is 13.0 Å². The molecule has 0 saturated heterocycles. The van der Waals surface area contributed by atoms with Gasteiger partial charge in [0.05, 0.1) is 17.7 Å². The van der Waals surface area contributed by atoms with Crippen LogP contribution in [-0.4, -0.2) is 24.5 Å². The lowest BCUT2D eigenvalue weighted by Gasteiger charge is -2.25. The number of hydrogen-bond donors (Lipinski definition) is 0. The molecule has 1 unspecified atom stereocenters. The van der Waals surface area contributed by atoms with Gasteiger partial charge in [0.1, 0.15) is 11.6 Å². The van der Waals surface area contributed by atoms with E-state index >= 15 is 0 Å². The molecule has 23 heavy (non-hydrogen) atoms. The fourth-order valence-corrected chi connectivity index (χ4v) is 2.08. The summed E-state index contributed by atoms with van der Waals surface area (Å²) in [6.45, 7) is 1.73. The SMILES string of the molecule is CC(c1ccc(F)cc1)N(C)C(=O)COc1cccc(C#N)c1. The van der Waals surface area contributed by atoms with Gasteiger partial charge in [-0.05, 0) is 42.8 Å². The first-order chi connectivity index (χ1) is 11.0. The first-order valence-electron chi connectivity index (χ1n) is 7.15. The maximum absolute atomic E-state index is 13.0. The first-order valence-corrected chi connectivity index (χ1v) is 7.15. The Labute approximate surface area is 134 Å². The summed E-state index contributed by atoms with van der Waals surface area (Å²) >= 11 is 0. The molecule has 2 aromatic rings. The largest absolute Gasteiger partial charge is 0.484 e. The van der Waals surface area contributed by atoms with Gasteiger partial charge in [0.25, 0.3) is 5.91 Å². The predicted octanol–water partition coefficient (Wildman–Crippen LogP) is 3.30. The highest BCUT2D eigenvalue weighted by Crippen LogP contribution is 2.19. The van der Waals surface area contributed by atoms with E-state index in [1.54, 1.807) is 48.3 Å². The molecule has 4 nitrogen and oxygen atoms in total. The van der Waals surface area contributed by atoms with Crippen molar-refractivity contribution in [3.05, 3.63) is 65.5 Å². The van der Waals surface area contributed by atoms with Crippen LogP contribution in [0, 0.1) is 17.1 Å². The number of benzene rings is 2. The van der Waals surface area contributed by atoms with Gasteiger partial charge < -0.3 is 9.64 Å². The molecule has 0 aromatic heterocycles. The van der Waals surface area contributed by atoms with Crippen molar-refractivity contribution in [2.75, 3.05) is 13.7 Å². The second-order valence-electron chi connectivity index (χ2n) is 5.16. The van der Waals surface area contributed by atoms with Gasteiger partial charge in [-0.3, -0.25) is 4.79 Å². The number of carbonyl (C=O) groups excluding carboxylic acids is 1. The van der Waals surface area contributed by atoms with E-state index in [0.717, 1.165) is 5.56 Å². The van der Waals surface area contributed by atoms with Crippen LogP contribution in [-0.2, 0) is 4.79 Å². The zero-order chi connectivity index (χ0) is 16.8. The zero-order valence-corrected chi connectivity index (χ0v) is 13.0. The molecule has 0 heterocycles. The standard InChI is InChI=1S/C18H17FN2O2/c1-13(15-6-8-16(19)9-7-15)21(2)18(22)12-23-17-5-3-4-14(10-17)11-20/h3-10,13H,12H2,1-2H3. The molecule has 0 aliphatic rings. The molecule has 1 amide bonds. The average molecular weight is 312 g/mol. The summed E-state index contributed by atoms with van der Waals surface area (Å²) in [5.41, 5.74) is 1.32. The van der Waals surface area contributed by atoms with Gasteiger partial charge in [0, 0.05) is 7.05 Å². The quantitative estimate of drug-likeness (QED) is 0.851. The Morgan fingerprint density at radius 1 is 1.30 bits per heavy atom. The maximum Gasteiger partial charge on any atom is 0.260 e. The van der Waals surface area contributed by atoms with Crippen LogP contribution in [0.1, 0.15) is 24.1 Å². The summed E-state index contributed by atoms with van der Waals surface area (Å²) in [7, 11) is 1.67. The van der Waals surface area contributed by atoms with Crippen LogP contribution < -0.4 is 4.74 Å². The van der Waals surface area contributed by atoms with Crippen LogP contribution in [0.15, 0.2) is 48.5 Å². The van der Waals surface area contributed by atoms with Crippen LogP contribution in [0.2, 0.25) is 0 Å². The fraction of sp³-hybridized carbons (Fsp3) is 0.222. The molecular formula is C18H17FN2O2. The molecular weight excluding hydrogens is 295 g/mol. The van der Waals surface area contributed by atoms with E-state index in [2.05, 4.69) is 0 Å². The number of rotatable bonds is 5. The lowest BCUT2D eigenvalue weighted by molar-refractivity contribution is -0.134. The summed E-state index contributed by atoms with van der Waals surface area (Å²) in [5, 5.41) is 8.84. The number of nitrogens with zero attached hydrogens (tertiary/aromatic N) is 2. The summed E-state index contributed by atoms with van der Waals surface area (Å²) in [6.07, 6.45) is 0. The number of nitriles is 1. The van der Waals surface area contributed by atoms with Crippen LogP contribution >= 0.6 is 0 Å². The van der Waals surface area contributed by atoms with Gasteiger partial charge in [-0.25, -0.2) is 4.39 Å². The van der Waals surface area contributed by atoms with Crippen molar-refractivity contribution >= 4 is 5.91 Å². The second-order valence-corrected chi connectivity index (χ2v) is 5.16. The minimum Gasteiger partial charge on any atom is -0.484 e. The van der Waals surface area contributed by atoms with Crippen LogP contribution in [0.4, 0.5) is 4.39 Å². The second kappa shape index (κ2) is 7.41. The number of likely N-dealkylation sites (N-methyl/N-ethyl adjacent to an activating group) is 1. The van der Waals surface area contributed by atoms with Crippen LogP contribution in [0.5, 0.6) is 5.75 Å². The molecule has 0 aliphatic carbocycles. The van der Waals surface area contributed by atoms with Crippen molar-refractivity contribution in [3.8, 4) is 11.8 Å². The highest BCUT2D eigenvalue weighted by atomic mass is 19.1. The predicted molar refractivity (Wildman–Crippen MR) is 84.2 cm³/mol. The van der Waals surface area contributed by atoms with Crippen LogP contribution in [0.3, 0.4) is 0 Å². The van der Waals surface area contributed by atoms with Crippen molar-refractivity contribution in [1.29, 1.82) is 5.26 Å². The number of halogens is 1. The van der Waals surface area contributed by atoms with Gasteiger partial charge in [-0.2, -0.15) is 5.26 Å². The Bertz CT molecular complexity index is 723. The van der Waals surface area contributed by atoms with Crippen molar-refractivity contribution in [1.82, 2.24) is 4.90 Å². The Morgan fingerprint density at radius 3 is 2.65 bits per heavy atom. The number of ether oxygens (including phenoxy) is 1. The normalized spacial score (nSPS) is 11.4. The number of amides is 1. The number of carbonyl (C=O) groups is 1. The summed E-state index contributed by atoms with van der Waals surface area (Å²) in [4.78, 5) is 13.8. The third kappa shape index (κ3) is 4.30. The van der Waals surface area contributed by atoms with Crippen LogP contribution in [0.25, 0.3) is 0 Å². The Balaban J connectivity index is 1.96. The molecule has 1 atom stereocenters. The minimum atomic E-state index is -0.310. The van der Waals surface area contributed by atoms with E-state index in [-0.39, 0.29) is 24.4 Å². The van der Waals surface area contributed by atoms with Gasteiger partial charge in [-0.1, -0.05) is 18.2 Å². The molecule has 0 saturated carbocycles.